The van der Waals surface area contributed by atoms with Crippen LogP contribution in [-0.2, 0) is 20.9 Å². The van der Waals surface area contributed by atoms with E-state index >= 15 is 0 Å². The van der Waals surface area contributed by atoms with Gasteiger partial charge < -0.3 is 4.74 Å². The number of fused-ring (bicyclic) bond motifs is 1. The van der Waals surface area contributed by atoms with Crippen LogP contribution in [0.5, 0.6) is 0 Å². The fraction of sp³-hybridized carbons (Fsp3) is 0.481. The van der Waals surface area contributed by atoms with Gasteiger partial charge in [-0.05, 0) is 57.7 Å². The fourth-order valence-corrected chi connectivity index (χ4v) is 5.28. The standard InChI is InChI=1S/C27H31N5O6/c1-27(2,3)38-26(37)19-11-14-31(29-19)17-9-12-30(13-10-17)15-16-5-4-6-18-22(16)25(36)32(24(18)35)20-7-8-21(33)28-23(20)34/h4-6,11,14,17,20H,7-10,12-13,15H2,1-3H3,(H,28,33,34). The number of amides is 4. The van der Waals surface area contributed by atoms with Crippen LogP contribution in [0.25, 0.3) is 0 Å². The zero-order valence-corrected chi connectivity index (χ0v) is 21.7. The van der Waals surface area contributed by atoms with Crippen LogP contribution in [0.2, 0.25) is 0 Å². The lowest BCUT2D eigenvalue weighted by atomic mass is 10.00. The molecule has 0 radical (unpaired) electrons. The van der Waals surface area contributed by atoms with Crippen LogP contribution in [0.15, 0.2) is 30.5 Å². The van der Waals surface area contributed by atoms with Crippen molar-refractivity contribution >= 4 is 29.6 Å². The van der Waals surface area contributed by atoms with Crippen LogP contribution >= 0.6 is 0 Å². The van der Waals surface area contributed by atoms with Crippen LogP contribution in [0, 0.1) is 0 Å². The summed E-state index contributed by atoms with van der Waals surface area (Å²) in [4.78, 5) is 65.9. The lowest BCUT2D eigenvalue weighted by Gasteiger charge is -2.32. The van der Waals surface area contributed by atoms with Gasteiger partial charge in [-0.15, -0.1) is 0 Å². The van der Waals surface area contributed by atoms with Gasteiger partial charge in [0.25, 0.3) is 11.8 Å². The molecule has 3 aliphatic rings. The average Bonchev–Trinajstić information content (AvgIpc) is 3.44. The molecule has 200 valence electrons. The van der Waals surface area contributed by atoms with Crippen molar-refractivity contribution in [3.8, 4) is 0 Å². The lowest BCUT2D eigenvalue weighted by molar-refractivity contribution is -0.136. The number of carbonyl (C=O) groups is 5. The van der Waals surface area contributed by atoms with Crippen LogP contribution < -0.4 is 5.32 Å². The molecule has 1 unspecified atom stereocenters. The van der Waals surface area contributed by atoms with Crippen molar-refractivity contribution in [2.45, 2.75) is 70.7 Å². The maximum Gasteiger partial charge on any atom is 0.359 e. The molecule has 38 heavy (non-hydrogen) atoms. The van der Waals surface area contributed by atoms with Crippen LogP contribution in [0.1, 0.15) is 89.3 Å². The number of esters is 1. The van der Waals surface area contributed by atoms with E-state index in [-0.39, 0.29) is 24.6 Å². The third-order valence-electron chi connectivity index (χ3n) is 7.10. The highest BCUT2D eigenvalue weighted by atomic mass is 16.6. The first-order chi connectivity index (χ1) is 18.0. The minimum atomic E-state index is -0.983. The molecule has 2 fully saturated rings. The third-order valence-corrected chi connectivity index (χ3v) is 7.10. The maximum atomic E-state index is 13.3. The summed E-state index contributed by atoms with van der Waals surface area (Å²) in [6, 6.07) is 6.02. The zero-order chi connectivity index (χ0) is 27.2. The Labute approximate surface area is 220 Å². The molecule has 4 heterocycles. The van der Waals surface area contributed by atoms with Gasteiger partial charge >= 0.3 is 5.97 Å². The van der Waals surface area contributed by atoms with Gasteiger partial charge in [0.15, 0.2) is 5.69 Å². The Hall–Kier alpha value is -3.86. The SMILES string of the molecule is CC(C)(C)OC(=O)c1ccn(C2CCN(Cc3cccc4c3C(=O)N(C3CCC(=O)NC3=O)C4=O)CC2)n1. The van der Waals surface area contributed by atoms with E-state index in [1.807, 2.05) is 31.5 Å². The Morgan fingerprint density at radius 2 is 1.79 bits per heavy atom. The highest BCUT2D eigenvalue weighted by Gasteiger charge is 2.45. The summed E-state index contributed by atoms with van der Waals surface area (Å²) in [5, 5.41) is 6.66. The van der Waals surface area contributed by atoms with E-state index in [0.29, 0.717) is 17.7 Å². The molecule has 4 amide bonds. The van der Waals surface area contributed by atoms with Gasteiger partial charge in [0.05, 0.1) is 17.2 Å². The predicted octanol–water partition coefficient (Wildman–Crippen LogP) is 2.08. The number of carbonyl (C=O) groups excluding carboxylic acids is 5. The van der Waals surface area contributed by atoms with Gasteiger partial charge in [0, 0.05) is 32.3 Å². The summed E-state index contributed by atoms with van der Waals surface area (Å²) in [5.74, 6) is -2.45. The Bertz CT molecular complexity index is 1320. The number of imide groups is 2. The topological polar surface area (TPSA) is 131 Å². The van der Waals surface area contributed by atoms with E-state index in [4.69, 9.17) is 4.74 Å². The molecular formula is C27H31N5O6. The number of nitrogens with one attached hydrogen (secondary N) is 1. The first-order valence-electron chi connectivity index (χ1n) is 12.9. The Morgan fingerprint density at radius 1 is 1.05 bits per heavy atom. The van der Waals surface area contributed by atoms with Crippen molar-refractivity contribution in [2.24, 2.45) is 0 Å². The van der Waals surface area contributed by atoms with Crippen LogP contribution in [0.4, 0.5) is 0 Å². The van der Waals surface area contributed by atoms with Crippen molar-refractivity contribution in [3.63, 3.8) is 0 Å². The summed E-state index contributed by atoms with van der Waals surface area (Å²) in [6.45, 7) is 7.42. The second-order valence-corrected chi connectivity index (χ2v) is 11.0. The zero-order valence-electron chi connectivity index (χ0n) is 21.7. The summed E-state index contributed by atoms with van der Waals surface area (Å²) in [7, 11) is 0. The largest absolute Gasteiger partial charge is 0.455 e. The number of piperidine rings is 2. The van der Waals surface area contributed by atoms with Crippen LogP contribution in [-0.4, -0.2) is 73.9 Å². The fourth-order valence-electron chi connectivity index (χ4n) is 5.28. The van der Waals surface area contributed by atoms with Gasteiger partial charge in [-0.2, -0.15) is 5.10 Å². The van der Waals surface area contributed by atoms with Gasteiger partial charge in [0.1, 0.15) is 11.6 Å². The van der Waals surface area contributed by atoms with E-state index in [2.05, 4.69) is 15.3 Å². The van der Waals surface area contributed by atoms with Crippen molar-refractivity contribution in [3.05, 3.63) is 52.8 Å². The van der Waals surface area contributed by atoms with E-state index < -0.39 is 41.2 Å². The number of ether oxygens (including phenoxy) is 1. The Balaban J connectivity index is 1.24. The molecule has 3 aliphatic heterocycles. The monoisotopic (exact) mass is 521 g/mol. The van der Waals surface area contributed by atoms with Crippen LogP contribution in [0.3, 0.4) is 0 Å². The highest BCUT2D eigenvalue weighted by molar-refractivity contribution is 6.24. The molecule has 1 aromatic heterocycles. The van der Waals surface area contributed by atoms with Gasteiger partial charge in [-0.1, -0.05) is 12.1 Å². The molecule has 11 heteroatoms. The molecule has 11 nitrogen and oxygen atoms in total. The Morgan fingerprint density at radius 3 is 2.47 bits per heavy atom. The quantitative estimate of drug-likeness (QED) is 0.467. The minimum absolute atomic E-state index is 0.0845. The molecule has 1 atom stereocenters. The highest BCUT2D eigenvalue weighted by Crippen LogP contribution is 2.31. The van der Waals surface area contributed by atoms with E-state index in [0.717, 1.165) is 36.4 Å². The molecule has 0 saturated carbocycles. The predicted molar refractivity (Wildman–Crippen MR) is 134 cm³/mol. The lowest BCUT2D eigenvalue weighted by Crippen LogP contribution is -2.54. The number of hydrogen-bond donors (Lipinski definition) is 1. The van der Waals surface area contributed by atoms with E-state index in [1.165, 1.54) is 0 Å². The Kier molecular flexibility index (Phi) is 6.64. The van der Waals surface area contributed by atoms with Gasteiger partial charge in [-0.3, -0.25) is 39.0 Å². The van der Waals surface area contributed by atoms with Crippen molar-refractivity contribution in [1.82, 2.24) is 24.9 Å². The molecule has 2 saturated heterocycles. The average molecular weight is 522 g/mol. The van der Waals surface area contributed by atoms with E-state index in [1.54, 1.807) is 24.4 Å². The number of hydrogen-bond acceptors (Lipinski definition) is 8. The molecule has 5 rings (SSSR count). The summed E-state index contributed by atoms with van der Waals surface area (Å²) in [5.41, 5.74) is 1.05. The number of likely N-dealkylation sites (tertiary alicyclic amines) is 1. The first-order valence-corrected chi connectivity index (χ1v) is 12.9. The second-order valence-electron chi connectivity index (χ2n) is 11.0. The smallest absolute Gasteiger partial charge is 0.359 e. The molecule has 2 aromatic rings. The van der Waals surface area contributed by atoms with E-state index in [9.17, 15) is 24.0 Å². The van der Waals surface area contributed by atoms with Crippen molar-refractivity contribution in [1.29, 1.82) is 0 Å². The molecule has 0 aliphatic carbocycles. The summed E-state index contributed by atoms with van der Waals surface area (Å²) in [6.07, 6.45) is 3.63. The first kappa shape index (κ1) is 25.8. The number of benzene rings is 1. The summed E-state index contributed by atoms with van der Waals surface area (Å²) >= 11 is 0. The van der Waals surface area contributed by atoms with Gasteiger partial charge in [0.2, 0.25) is 11.8 Å². The third kappa shape index (κ3) is 4.98. The molecule has 1 N–H and O–H groups in total. The number of aromatic nitrogens is 2. The molecular weight excluding hydrogens is 490 g/mol. The summed E-state index contributed by atoms with van der Waals surface area (Å²) < 4.78 is 7.22. The van der Waals surface area contributed by atoms with Crippen molar-refractivity contribution in [2.75, 3.05) is 13.1 Å². The maximum absolute atomic E-state index is 13.3. The minimum Gasteiger partial charge on any atom is -0.455 e. The normalized spacial score (nSPS) is 21.0. The molecule has 1 aromatic carbocycles. The molecule has 0 bridgehead atoms. The second kappa shape index (κ2) is 9.79. The number of nitrogens with zero attached hydrogens (tertiary/aromatic N) is 4. The molecule has 0 spiro atoms. The van der Waals surface area contributed by atoms with Crippen molar-refractivity contribution < 1.29 is 28.7 Å². The number of rotatable bonds is 5. The van der Waals surface area contributed by atoms with Gasteiger partial charge in [-0.25, -0.2) is 4.79 Å².